The second-order valence-electron chi connectivity index (χ2n) is 4.53. The van der Waals surface area contributed by atoms with Crippen molar-refractivity contribution in [1.82, 2.24) is 4.90 Å². The Balaban J connectivity index is 2.91. The summed E-state index contributed by atoms with van der Waals surface area (Å²) in [6.07, 6.45) is 2.18. The first-order valence-corrected chi connectivity index (χ1v) is 5.71. The largest absolute Gasteiger partial charge is 0.399 e. The first-order valence-electron chi connectivity index (χ1n) is 5.71. The van der Waals surface area contributed by atoms with Crippen LogP contribution in [-0.4, -0.2) is 25.5 Å². The Morgan fingerprint density at radius 3 is 2.62 bits per heavy atom. The smallest absolute Gasteiger partial charge is 0.0320 e. The van der Waals surface area contributed by atoms with Gasteiger partial charge in [0.2, 0.25) is 0 Å². The Bertz CT molecular complexity index is 367. The van der Waals surface area contributed by atoms with Crippen LogP contribution in [0.5, 0.6) is 0 Å². The van der Waals surface area contributed by atoms with Gasteiger partial charge < -0.3 is 10.6 Å². The van der Waals surface area contributed by atoms with Gasteiger partial charge >= 0.3 is 0 Å². The quantitative estimate of drug-likeness (QED) is 0.787. The normalized spacial score (nSPS) is 14.2. The van der Waals surface area contributed by atoms with E-state index in [2.05, 4.69) is 45.0 Å². The van der Waals surface area contributed by atoms with Crippen molar-refractivity contribution in [3.8, 4) is 0 Å². The standard InChI is InChI=1S/C14H22N2/c1-5-14(11(2)10-16(3)4)12-7-6-8-13(15)9-12/h5-9,11H,10,15H2,1-4H3/b14-5-. The van der Waals surface area contributed by atoms with Crippen LogP contribution in [0.25, 0.3) is 5.57 Å². The van der Waals surface area contributed by atoms with E-state index in [-0.39, 0.29) is 0 Å². The van der Waals surface area contributed by atoms with Crippen LogP contribution in [0.3, 0.4) is 0 Å². The average Bonchev–Trinajstić information content (AvgIpc) is 2.17. The number of allylic oxidation sites excluding steroid dienone is 1. The number of anilines is 1. The molecule has 1 unspecified atom stereocenters. The minimum atomic E-state index is 0.516. The van der Waals surface area contributed by atoms with E-state index >= 15 is 0 Å². The van der Waals surface area contributed by atoms with Crippen LogP contribution in [0, 0.1) is 5.92 Å². The van der Waals surface area contributed by atoms with Crippen molar-refractivity contribution in [2.45, 2.75) is 13.8 Å². The molecule has 0 saturated heterocycles. The maximum absolute atomic E-state index is 5.81. The SMILES string of the molecule is C/C=C(\c1cccc(N)c1)C(C)CN(C)C. The van der Waals surface area contributed by atoms with Crippen LogP contribution in [0.4, 0.5) is 5.69 Å². The summed E-state index contributed by atoms with van der Waals surface area (Å²) < 4.78 is 0. The van der Waals surface area contributed by atoms with E-state index in [1.165, 1.54) is 11.1 Å². The first kappa shape index (κ1) is 12.8. The van der Waals surface area contributed by atoms with E-state index in [0.717, 1.165) is 12.2 Å². The minimum absolute atomic E-state index is 0.516. The summed E-state index contributed by atoms with van der Waals surface area (Å²) in [5, 5.41) is 0. The minimum Gasteiger partial charge on any atom is -0.399 e. The second-order valence-corrected chi connectivity index (χ2v) is 4.53. The molecule has 0 aromatic heterocycles. The van der Waals surface area contributed by atoms with Gasteiger partial charge in [0.1, 0.15) is 0 Å². The van der Waals surface area contributed by atoms with Gasteiger partial charge in [-0.25, -0.2) is 0 Å². The lowest BCUT2D eigenvalue weighted by molar-refractivity contribution is 0.376. The fourth-order valence-electron chi connectivity index (χ4n) is 2.10. The number of hydrogen-bond donors (Lipinski definition) is 1. The maximum Gasteiger partial charge on any atom is 0.0320 e. The van der Waals surface area contributed by atoms with Crippen molar-refractivity contribution in [3.05, 3.63) is 35.9 Å². The number of hydrogen-bond acceptors (Lipinski definition) is 2. The Morgan fingerprint density at radius 1 is 1.44 bits per heavy atom. The van der Waals surface area contributed by atoms with E-state index in [9.17, 15) is 0 Å². The van der Waals surface area contributed by atoms with Crippen LogP contribution in [0.15, 0.2) is 30.3 Å². The topological polar surface area (TPSA) is 29.3 Å². The van der Waals surface area contributed by atoms with Gasteiger partial charge in [-0.15, -0.1) is 0 Å². The lowest BCUT2D eigenvalue weighted by atomic mass is 9.93. The summed E-state index contributed by atoms with van der Waals surface area (Å²) >= 11 is 0. The van der Waals surface area contributed by atoms with Crippen molar-refractivity contribution in [2.75, 3.05) is 26.4 Å². The molecule has 88 valence electrons. The van der Waals surface area contributed by atoms with Gasteiger partial charge in [0, 0.05) is 12.2 Å². The third-order valence-electron chi connectivity index (χ3n) is 2.70. The number of rotatable bonds is 4. The molecule has 0 aliphatic carbocycles. The summed E-state index contributed by atoms with van der Waals surface area (Å²) in [7, 11) is 4.20. The molecule has 16 heavy (non-hydrogen) atoms. The molecule has 2 heteroatoms. The monoisotopic (exact) mass is 218 g/mol. The predicted octanol–water partition coefficient (Wildman–Crippen LogP) is 2.87. The number of nitrogen functional groups attached to an aromatic ring is 1. The molecule has 0 aliphatic heterocycles. The summed E-state index contributed by atoms with van der Waals surface area (Å²) in [5.74, 6) is 0.516. The highest BCUT2D eigenvalue weighted by atomic mass is 15.1. The third-order valence-corrected chi connectivity index (χ3v) is 2.70. The maximum atomic E-state index is 5.81. The van der Waals surface area contributed by atoms with E-state index < -0.39 is 0 Å². The summed E-state index contributed by atoms with van der Waals surface area (Å²) in [5.41, 5.74) is 9.24. The van der Waals surface area contributed by atoms with Crippen LogP contribution in [0.1, 0.15) is 19.4 Å². The van der Waals surface area contributed by atoms with Gasteiger partial charge in [-0.3, -0.25) is 0 Å². The van der Waals surface area contributed by atoms with Crippen molar-refractivity contribution < 1.29 is 0 Å². The Hall–Kier alpha value is -1.28. The zero-order valence-corrected chi connectivity index (χ0v) is 10.7. The van der Waals surface area contributed by atoms with Gasteiger partial charge in [-0.2, -0.15) is 0 Å². The Morgan fingerprint density at radius 2 is 2.12 bits per heavy atom. The number of nitrogens with two attached hydrogens (primary N) is 1. The summed E-state index contributed by atoms with van der Waals surface area (Å²) in [6, 6.07) is 8.10. The van der Waals surface area contributed by atoms with Crippen LogP contribution >= 0.6 is 0 Å². The fraction of sp³-hybridized carbons (Fsp3) is 0.429. The zero-order chi connectivity index (χ0) is 12.1. The third kappa shape index (κ3) is 3.38. The molecule has 0 heterocycles. The molecular formula is C14H22N2. The molecule has 0 amide bonds. The van der Waals surface area contributed by atoms with E-state index in [4.69, 9.17) is 5.73 Å². The van der Waals surface area contributed by atoms with Gasteiger partial charge in [0.25, 0.3) is 0 Å². The highest BCUT2D eigenvalue weighted by Crippen LogP contribution is 2.25. The average molecular weight is 218 g/mol. The molecule has 0 bridgehead atoms. The summed E-state index contributed by atoms with van der Waals surface area (Å²) in [4.78, 5) is 2.21. The van der Waals surface area contributed by atoms with Crippen LogP contribution in [-0.2, 0) is 0 Å². The lowest BCUT2D eigenvalue weighted by Crippen LogP contribution is -2.20. The summed E-state index contributed by atoms with van der Waals surface area (Å²) in [6.45, 7) is 5.39. The number of benzene rings is 1. The van der Waals surface area contributed by atoms with Gasteiger partial charge in [0.05, 0.1) is 0 Å². The molecule has 1 rings (SSSR count). The lowest BCUT2D eigenvalue weighted by Gasteiger charge is -2.20. The molecule has 0 saturated carbocycles. The molecule has 1 aromatic carbocycles. The Labute approximate surface area is 98.8 Å². The van der Waals surface area contributed by atoms with Crippen molar-refractivity contribution in [2.24, 2.45) is 5.92 Å². The fourth-order valence-corrected chi connectivity index (χ4v) is 2.10. The first-order chi connectivity index (χ1) is 7.54. The van der Waals surface area contributed by atoms with Gasteiger partial charge in [-0.1, -0.05) is 25.1 Å². The highest BCUT2D eigenvalue weighted by Gasteiger charge is 2.11. The van der Waals surface area contributed by atoms with Crippen LogP contribution < -0.4 is 5.73 Å². The predicted molar refractivity (Wildman–Crippen MR) is 72.2 cm³/mol. The number of nitrogens with zero attached hydrogens (tertiary/aromatic N) is 1. The molecule has 1 atom stereocenters. The Kier molecular flexibility index (Phi) is 4.56. The van der Waals surface area contributed by atoms with E-state index in [1.807, 2.05) is 18.2 Å². The van der Waals surface area contributed by atoms with Gasteiger partial charge in [0.15, 0.2) is 0 Å². The highest BCUT2D eigenvalue weighted by molar-refractivity contribution is 5.69. The van der Waals surface area contributed by atoms with E-state index in [1.54, 1.807) is 0 Å². The molecular weight excluding hydrogens is 196 g/mol. The molecule has 0 spiro atoms. The van der Waals surface area contributed by atoms with Crippen molar-refractivity contribution >= 4 is 11.3 Å². The zero-order valence-electron chi connectivity index (χ0n) is 10.7. The van der Waals surface area contributed by atoms with E-state index in [0.29, 0.717) is 5.92 Å². The second kappa shape index (κ2) is 5.71. The van der Waals surface area contributed by atoms with Gasteiger partial charge in [-0.05, 0) is 50.2 Å². The molecule has 1 aromatic rings. The molecule has 0 fully saturated rings. The van der Waals surface area contributed by atoms with Crippen molar-refractivity contribution in [3.63, 3.8) is 0 Å². The molecule has 2 N–H and O–H groups in total. The van der Waals surface area contributed by atoms with Crippen molar-refractivity contribution in [1.29, 1.82) is 0 Å². The molecule has 0 radical (unpaired) electrons. The molecule has 0 aliphatic rings. The molecule has 2 nitrogen and oxygen atoms in total. The van der Waals surface area contributed by atoms with Crippen LogP contribution in [0.2, 0.25) is 0 Å².